The van der Waals surface area contributed by atoms with Crippen LogP contribution in [0.5, 0.6) is 0 Å². The van der Waals surface area contributed by atoms with Crippen molar-refractivity contribution in [2.45, 2.75) is 32.2 Å². The lowest BCUT2D eigenvalue weighted by Crippen LogP contribution is -2.49. The highest BCUT2D eigenvalue weighted by Crippen LogP contribution is 2.28. The van der Waals surface area contributed by atoms with Gasteiger partial charge in [-0.15, -0.1) is 0 Å². The van der Waals surface area contributed by atoms with Crippen LogP contribution in [0.2, 0.25) is 0 Å². The molecule has 0 saturated carbocycles. The largest absolute Gasteiger partial charge is 0.357 e. The van der Waals surface area contributed by atoms with E-state index in [1.807, 2.05) is 11.8 Å². The van der Waals surface area contributed by atoms with Crippen molar-refractivity contribution in [3.63, 3.8) is 0 Å². The summed E-state index contributed by atoms with van der Waals surface area (Å²) >= 11 is 0. The zero-order chi connectivity index (χ0) is 13.8. The van der Waals surface area contributed by atoms with Crippen LogP contribution in [0.25, 0.3) is 0 Å². The average molecular weight is 264 g/mol. The maximum Gasteiger partial charge on any atom is 0.242 e. The monoisotopic (exact) mass is 264 g/mol. The standard InChI is InChI=1S/C12H20N6O/c1-8-10(17-13)15-7-16-11(8)18-6-4-3-5-9(18)12(19)14-2/h7,9H,3-6,13H2,1-2H3,(H,14,19)(H,15,16,17). The molecule has 19 heavy (non-hydrogen) atoms. The fourth-order valence-electron chi connectivity index (χ4n) is 2.50. The van der Waals surface area contributed by atoms with Crippen molar-refractivity contribution >= 4 is 17.5 Å². The second-order valence-electron chi connectivity index (χ2n) is 4.63. The number of hydrogen-bond donors (Lipinski definition) is 3. The first-order chi connectivity index (χ1) is 9.19. The predicted octanol–water partition coefficient (Wildman–Crippen LogP) is 0.176. The van der Waals surface area contributed by atoms with Crippen LogP contribution in [-0.4, -0.2) is 35.5 Å². The third-order valence-corrected chi connectivity index (χ3v) is 3.52. The maximum atomic E-state index is 12.0. The van der Waals surface area contributed by atoms with Gasteiger partial charge in [-0.2, -0.15) is 0 Å². The molecule has 4 N–H and O–H groups in total. The van der Waals surface area contributed by atoms with Gasteiger partial charge >= 0.3 is 0 Å². The summed E-state index contributed by atoms with van der Waals surface area (Å²) in [4.78, 5) is 22.4. The smallest absolute Gasteiger partial charge is 0.242 e. The molecule has 0 bridgehead atoms. The SMILES string of the molecule is CNC(=O)C1CCCCN1c1ncnc(NN)c1C. The zero-order valence-corrected chi connectivity index (χ0v) is 11.3. The van der Waals surface area contributed by atoms with E-state index in [9.17, 15) is 4.79 Å². The van der Waals surface area contributed by atoms with Gasteiger partial charge in [0.15, 0.2) is 0 Å². The molecule has 1 amide bonds. The molecule has 1 atom stereocenters. The fraction of sp³-hybridized carbons (Fsp3) is 0.583. The second-order valence-corrected chi connectivity index (χ2v) is 4.63. The number of carbonyl (C=O) groups is 1. The summed E-state index contributed by atoms with van der Waals surface area (Å²) in [6.45, 7) is 2.72. The Bertz CT molecular complexity index is 464. The number of aromatic nitrogens is 2. The van der Waals surface area contributed by atoms with Gasteiger partial charge in [-0.25, -0.2) is 15.8 Å². The van der Waals surface area contributed by atoms with Gasteiger partial charge in [0.2, 0.25) is 5.91 Å². The molecule has 7 nitrogen and oxygen atoms in total. The summed E-state index contributed by atoms with van der Waals surface area (Å²) in [5.74, 6) is 6.82. The molecular formula is C12H20N6O. The quantitative estimate of drug-likeness (QED) is 0.532. The molecule has 1 unspecified atom stereocenters. The topological polar surface area (TPSA) is 96.2 Å². The van der Waals surface area contributed by atoms with Gasteiger partial charge in [-0.3, -0.25) is 4.79 Å². The Morgan fingerprint density at radius 3 is 2.95 bits per heavy atom. The molecule has 0 radical (unpaired) electrons. The van der Waals surface area contributed by atoms with Crippen LogP contribution in [0.15, 0.2) is 6.33 Å². The predicted molar refractivity (Wildman–Crippen MR) is 73.6 cm³/mol. The van der Waals surface area contributed by atoms with Gasteiger partial charge in [0, 0.05) is 19.2 Å². The average Bonchev–Trinajstić information content (AvgIpc) is 2.47. The number of rotatable bonds is 3. The number of amides is 1. The van der Waals surface area contributed by atoms with E-state index in [0.717, 1.165) is 37.2 Å². The number of nitrogens with zero attached hydrogens (tertiary/aromatic N) is 3. The number of carbonyl (C=O) groups excluding carboxylic acids is 1. The highest BCUT2D eigenvalue weighted by molar-refractivity contribution is 5.85. The van der Waals surface area contributed by atoms with E-state index in [4.69, 9.17) is 5.84 Å². The fourth-order valence-corrected chi connectivity index (χ4v) is 2.50. The number of hydrazine groups is 1. The molecule has 1 aromatic heterocycles. The van der Waals surface area contributed by atoms with Crippen molar-refractivity contribution in [3.05, 3.63) is 11.9 Å². The Morgan fingerprint density at radius 2 is 2.26 bits per heavy atom. The minimum absolute atomic E-state index is 0.0277. The van der Waals surface area contributed by atoms with Crippen LogP contribution in [0.1, 0.15) is 24.8 Å². The van der Waals surface area contributed by atoms with E-state index in [-0.39, 0.29) is 11.9 Å². The highest BCUT2D eigenvalue weighted by Gasteiger charge is 2.30. The summed E-state index contributed by atoms with van der Waals surface area (Å²) in [5, 5.41) is 2.72. The van der Waals surface area contributed by atoms with E-state index in [2.05, 4.69) is 20.7 Å². The van der Waals surface area contributed by atoms with Crippen molar-refractivity contribution in [1.82, 2.24) is 15.3 Å². The molecular weight excluding hydrogens is 244 g/mol. The molecule has 1 fully saturated rings. The molecule has 7 heteroatoms. The molecule has 1 aliphatic heterocycles. The summed E-state index contributed by atoms with van der Waals surface area (Å²) in [5.41, 5.74) is 3.42. The van der Waals surface area contributed by atoms with Gasteiger partial charge < -0.3 is 15.6 Å². The van der Waals surface area contributed by atoms with Gasteiger partial charge in [0.1, 0.15) is 24.0 Å². The van der Waals surface area contributed by atoms with Crippen molar-refractivity contribution < 1.29 is 4.79 Å². The van der Waals surface area contributed by atoms with E-state index in [0.29, 0.717) is 5.82 Å². The molecule has 0 aromatic carbocycles. The lowest BCUT2D eigenvalue weighted by Gasteiger charge is -2.36. The molecule has 0 aliphatic carbocycles. The third-order valence-electron chi connectivity index (χ3n) is 3.52. The Kier molecular flexibility index (Phi) is 4.16. The van der Waals surface area contributed by atoms with Crippen LogP contribution in [0.4, 0.5) is 11.6 Å². The van der Waals surface area contributed by atoms with Crippen molar-refractivity contribution in [2.24, 2.45) is 5.84 Å². The first-order valence-corrected chi connectivity index (χ1v) is 6.45. The first-order valence-electron chi connectivity index (χ1n) is 6.45. The zero-order valence-electron chi connectivity index (χ0n) is 11.3. The lowest BCUT2D eigenvalue weighted by molar-refractivity contribution is -0.122. The molecule has 104 valence electrons. The summed E-state index contributed by atoms with van der Waals surface area (Å²) in [6.07, 6.45) is 4.42. The van der Waals surface area contributed by atoms with Crippen molar-refractivity contribution in [3.8, 4) is 0 Å². The molecule has 2 rings (SSSR count). The van der Waals surface area contributed by atoms with Crippen LogP contribution in [0, 0.1) is 6.92 Å². The Morgan fingerprint density at radius 1 is 1.47 bits per heavy atom. The van der Waals surface area contributed by atoms with E-state index in [1.54, 1.807) is 7.05 Å². The Balaban J connectivity index is 2.35. The number of nitrogen functional groups attached to an aromatic ring is 1. The minimum Gasteiger partial charge on any atom is -0.357 e. The Hall–Kier alpha value is -1.89. The summed E-state index contributed by atoms with van der Waals surface area (Å²) in [7, 11) is 1.66. The van der Waals surface area contributed by atoms with Crippen molar-refractivity contribution in [1.29, 1.82) is 0 Å². The normalized spacial score (nSPS) is 19.1. The Labute approximate surface area is 112 Å². The van der Waals surface area contributed by atoms with Gasteiger partial charge in [-0.1, -0.05) is 0 Å². The summed E-state index contributed by atoms with van der Waals surface area (Å²) < 4.78 is 0. The van der Waals surface area contributed by atoms with Gasteiger partial charge in [0.25, 0.3) is 0 Å². The van der Waals surface area contributed by atoms with E-state index < -0.39 is 0 Å². The van der Waals surface area contributed by atoms with Crippen LogP contribution < -0.4 is 21.5 Å². The number of nitrogens with two attached hydrogens (primary N) is 1. The highest BCUT2D eigenvalue weighted by atomic mass is 16.2. The van der Waals surface area contributed by atoms with Crippen LogP contribution >= 0.6 is 0 Å². The molecule has 1 aliphatic rings. The molecule has 2 heterocycles. The first kappa shape index (κ1) is 13.5. The van der Waals surface area contributed by atoms with E-state index >= 15 is 0 Å². The van der Waals surface area contributed by atoms with Gasteiger partial charge in [-0.05, 0) is 26.2 Å². The van der Waals surface area contributed by atoms with E-state index in [1.165, 1.54) is 6.33 Å². The number of likely N-dealkylation sites (N-methyl/N-ethyl adjacent to an activating group) is 1. The maximum absolute atomic E-state index is 12.0. The molecule has 1 saturated heterocycles. The lowest BCUT2D eigenvalue weighted by atomic mass is 10.0. The van der Waals surface area contributed by atoms with Crippen LogP contribution in [-0.2, 0) is 4.79 Å². The minimum atomic E-state index is -0.169. The summed E-state index contributed by atoms with van der Waals surface area (Å²) in [6, 6.07) is -0.169. The van der Waals surface area contributed by atoms with Crippen LogP contribution in [0.3, 0.4) is 0 Å². The number of piperidine rings is 1. The van der Waals surface area contributed by atoms with Gasteiger partial charge in [0.05, 0.1) is 0 Å². The second kappa shape index (κ2) is 5.83. The van der Waals surface area contributed by atoms with Crippen molar-refractivity contribution in [2.75, 3.05) is 23.9 Å². The third kappa shape index (κ3) is 2.60. The number of hydrogen-bond acceptors (Lipinski definition) is 6. The number of anilines is 2. The molecule has 0 spiro atoms. The molecule has 1 aromatic rings. The number of nitrogens with one attached hydrogen (secondary N) is 2.